The van der Waals surface area contributed by atoms with Gasteiger partial charge in [0.05, 0.1) is 13.2 Å². The number of aromatic nitrogens is 3. The molecule has 3 heterocycles. The minimum Gasteiger partial charge on any atom is -0.244 e. The quantitative estimate of drug-likeness (QED) is 0.410. The van der Waals surface area contributed by atoms with Gasteiger partial charge in [-0.25, -0.2) is 9.55 Å². The van der Waals surface area contributed by atoms with Crippen LogP contribution in [0.15, 0.2) is 60.9 Å². The lowest BCUT2D eigenvalue weighted by atomic mass is 10.0. The van der Waals surface area contributed by atoms with Gasteiger partial charge in [0.2, 0.25) is 0 Å². The lowest BCUT2D eigenvalue weighted by Crippen LogP contribution is -2.33. The van der Waals surface area contributed by atoms with Crippen molar-refractivity contribution in [3.63, 3.8) is 0 Å². The Kier molecular flexibility index (Phi) is 3.09. The molecule has 0 atom stereocenters. The topological polar surface area (TPSA) is 29.7 Å². The molecule has 120 valence electrons. The molecule has 0 fully saturated rings. The number of benzene rings is 2. The molecule has 5 aromatic rings. The Balaban J connectivity index is 1.92. The van der Waals surface area contributed by atoms with E-state index in [2.05, 4.69) is 64.9 Å². The zero-order valence-electron chi connectivity index (χ0n) is 14.0. The fourth-order valence-corrected chi connectivity index (χ4v) is 4.83. The summed E-state index contributed by atoms with van der Waals surface area (Å²) in [5, 5.41) is 2.63. The molecule has 0 saturated heterocycles. The summed E-state index contributed by atoms with van der Waals surface area (Å²) in [6.07, 6.45) is 3.79. The van der Waals surface area contributed by atoms with E-state index in [1.165, 1.54) is 31.3 Å². The first kappa shape index (κ1) is 14.5. The van der Waals surface area contributed by atoms with Crippen molar-refractivity contribution in [2.24, 2.45) is 7.05 Å². The molecule has 3 aromatic heterocycles. The van der Waals surface area contributed by atoms with Crippen LogP contribution in [0.3, 0.4) is 0 Å². The highest BCUT2D eigenvalue weighted by Crippen LogP contribution is 2.40. The fraction of sp³-hybridized carbons (Fsp3) is 0.0952. The van der Waals surface area contributed by atoms with Gasteiger partial charge >= 0.3 is 5.65 Å². The smallest absolute Gasteiger partial charge is 0.244 e. The average molecular weight is 342 g/mol. The largest absolute Gasteiger partial charge is 0.349 e. The van der Waals surface area contributed by atoms with Crippen molar-refractivity contribution in [3.05, 3.63) is 66.5 Å². The molecule has 0 aliphatic heterocycles. The number of fused-ring (bicyclic) bond motifs is 4. The van der Waals surface area contributed by atoms with Crippen LogP contribution in [0.5, 0.6) is 0 Å². The van der Waals surface area contributed by atoms with E-state index in [4.69, 9.17) is 0 Å². The van der Waals surface area contributed by atoms with Gasteiger partial charge in [-0.05, 0) is 35.7 Å². The first-order valence-electron chi connectivity index (χ1n) is 8.25. The van der Waals surface area contributed by atoms with E-state index in [1.54, 1.807) is 0 Å². The van der Waals surface area contributed by atoms with Crippen LogP contribution in [0.4, 0.5) is 0 Å². The Morgan fingerprint density at radius 2 is 1.80 bits per heavy atom. The lowest BCUT2D eigenvalue weighted by molar-refractivity contribution is -0.635. The third-order valence-corrected chi connectivity index (χ3v) is 5.99. The van der Waals surface area contributed by atoms with Crippen LogP contribution in [0.25, 0.3) is 42.6 Å². The molecule has 0 radical (unpaired) electrons. The van der Waals surface area contributed by atoms with E-state index >= 15 is 0 Å². The second kappa shape index (κ2) is 5.33. The molecule has 0 aliphatic rings. The minimum absolute atomic E-state index is 0.900. The van der Waals surface area contributed by atoms with Gasteiger partial charge in [0, 0.05) is 25.7 Å². The van der Waals surface area contributed by atoms with Crippen LogP contribution < -0.4 is 4.57 Å². The molecule has 0 saturated carbocycles. The number of rotatable bonds is 1. The molecule has 2 aromatic carbocycles. The Labute approximate surface area is 149 Å². The maximum absolute atomic E-state index is 4.64. The molecule has 4 heteroatoms. The van der Waals surface area contributed by atoms with E-state index < -0.39 is 0 Å². The maximum atomic E-state index is 4.64. The van der Waals surface area contributed by atoms with Gasteiger partial charge in [-0.2, -0.15) is 0 Å². The van der Waals surface area contributed by atoms with Crippen LogP contribution in [0.1, 0.15) is 5.56 Å². The number of hydrogen-bond donors (Lipinski definition) is 0. The Bertz CT molecular complexity index is 1270. The highest BCUT2D eigenvalue weighted by atomic mass is 32.1. The number of aryl methyl sites for hydroxylation is 2. The lowest BCUT2D eigenvalue weighted by Gasteiger charge is -2.09. The van der Waals surface area contributed by atoms with Crippen molar-refractivity contribution >= 4 is 42.7 Å². The summed E-state index contributed by atoms with van der Waals surface area (Å²) in [6, 6.07) is 17.0. The van der Waals surface area contributed by atoms with Crippen molar-refractivity contribution < 1.29 is 4.57 Å². The first-order valence-corrected chi connectivity index (χ1v) is 9.06. The van der Waals surface area contributed by atoms with Crippen LogP contribution >= 0.6 is 11.3 Å². The number of thiophene rings is 1. The number of nitrogens with zero attached hydrogens (tertiary/aromatic N) is 3. The standard InChI is InChI=1S/C21H16N3S/c1-13-9-10-15-14-6-3-4-8-18(14)25-20(15)19(13)17-12-23-16-7-5-11-22-21(16)24(17)2/h3-12H,1-2H3/q+1. The monoisotopic (exact) mass is 342 g/mol. The molecule has 25 heavy (non-hydrogen) atoms. The second-order valence-corrected chi connectivity index (χ2v) is 7.33. The highest BCUT2D eigenvalue weighted by Gasteiger charge is 2.19. The normalized spacial score (nSPS) is 11.6. The zero-order chi connectivity index (χ0) is 17.0. The van der Waals surface area contributed by atoms with E-state index in [0.29, 0.717) is 0 Å². The van der Waals surface area contributed by atoms with Crippen molar-refractivity contribution in [1.82, 2.24) is 9.97 Å². The van der Waals surface area contributed by atoms with Gasteiger partial charge in [0.25, 0.3) is 0 Å². The molecule has 3 nitrogen and oxygen atoms in total. The number of pyridine rings is 1. The Hall–Kier alpha value is -2.85. The van der Waals surface area contributed by atoms with E-state index in [9.17, 15) is 0 Å². The summed E-state index contributed by atoms with van der Waals surface area (Å²) >= 11 is 1.85. The van der Waals surface area contributed by atoms with Gasteiger partial charge in [0.1, 0.15) is 6.20 Å². The molecular formula is C21H16N3S+. The second-order valence-electron chi connectivity index (χ2n) is 6.28. The third kappa shape index (κ3) is 2.07. The van der Waals surface area contributed by atoms with Crippen LogP contribution in [-0.4, -0.2) is 9.97 Å². The maximum Gasteiger partial charge on any atom is 0.349 e. The van der Waals surface area contributed by atoms with Crippen molar-refractivity contribution in [2.75, 3.05) is 0 Å². The summed E-state index contributed by atoms with van der Waals surface area (Å²) in [6.45, 7) is 2.17. The molecule has 0 unspecified atom stereocenters. The summed E-state index contributed by atoms with van der Waals surface area (Å²) in [5.41, 5.74) is 5.42. The molecule has 0 spiro atoms. The average Bonchev–Trinajstić information content (AvgIpc) is 3.01. The molecular weight excluding hydrogens is 326 g/mol. The van der Waals surface area contributed by atoms with Gasteiger partial charge in [0.15, 0.2) is 11.2 Å². The molecule has 5 rings (SSSR count). The SMILES string of the molecule is Cc1ccc2c(sc3ccccc32)c1-c1cnc2cccnc2[n+]1C. The van der Waals surface area contributed by atoms with E-state index in [0.717, 1.165) is 16.9 Å². The summed E-state index contributed by atoms with van der Waals surface area (Å²) < 4.78 is 4.78. The van der Waals surface area contributed by atoms with Crippen molar-refractivity contribution in [1.29, 1.82) is 0 Å². The minimum atomic E-state index is 0.900. The van der Waals surface area contributed by atoms with Crippen LogP contribution in [-0.2, 0) is 7.05 Å². The van der Waals surface area contributed by atoms with Gasteiger partial charge in [-0.1, -0.05) is 30.3 Å². The predicted molar refractivity (Wildman–Crippen MR) is 104 cm³/mol. The predicted octanol–water partition coefficient (Wildman–Crippen LogP) is 4.80. The van der Waals surface area contributed by atoms with Crippen molar-refractivity contribution in [3.8, 4) is 11.3 Å². The highest BCUT2D eigenvalue weighted by molar-refractivity contribution is 7.26. The zero-order valence-corrected chi connectivity index (χ0v) is 14.8. The van der Waals surface area contributed by atoms with Gasteiger partial charge in [-0.15, -0.1) is 11.3 Å². The summed E-state index contributed by atoms with van der Waals surface area (Å²) in [5.74, 6) is 0. The van der Waals surface area contributed by atoms with Crippen LogP contribution in [0, 0.1) is 6.92 Å². The van der Waals surface area contributed by atoms with E-state index in [1.807, 2.05) is 35.9 Å². The molecule has 0 amide bonds. The Morgan fingerprint density at radius 1 is 0.920 bits per heavy atom. The number of hydrogen-bond acceptors (Lipinski definition) is 3. The Morgan fingerprint density at radius 3 is 2.72 bits per heavy atom. The van der Waals surface area contributed by atoms with E-state index in [-0.39, 0.29) is 0 Å². The van der Waals surface area contributed by atoms with Gasteiger partial charge < -0.3 is 0 Å². The van der Waals surface area contributed by atoms with Crippen LogP contribution in [0.2, 0.25) is 0 Å². The summed E-state index contributed by atoms with van der Waals surface area (Å²) in [4.78, 5) is 9.16. The van der Waals surface area contributed by atoms with Crippen molar-refractivity contribution in [2.45, 2.75) is 6.92 Å². The summed E-state index contributed by atoms with van der Waals surface area (Å²) in [7, 11) is 2.07. The molecule has 0 aliphatic carbocycles. The molecule has 0 bridgehead atoms. The first-order chi connectivity index (χ1) is 12.2. The molecule has 0 N–H and O–H groups in total. The fourth-order valence-electron chi connectivity index (χ4n) is 3.52. The van der Waals surface area contributed by atoms with Gasteiger partial charge in [-0.3, -0.25) is 0 Å². The third-order valence-electron chi connectivity index (χ3n) is 4.78.